The summed E-state index contributed by atoms with van der Waals surface area (Å²) in [6, 6.07) is 8.47. The first kappa shape index (κ1) is 22.1. The molecule has 1 aromatic rings. The maximum atomic E-state index is 14.8. The van der Waals surface area contributed by atoms with Crippen molar-refractivity contribution in [2.45, 2.75) is 39.3 Å². The lowest BCUT2D eigenvalue weighted by molar-refractivity contribution is -0.449. The van der Waals surface area contributed by atoms with Crippen LogP contribution in [0.5, 0.6) is 0 Å². The Labute approximate surface area is 157 Å². The number of nitrogens with zero attached hydrogens (tertiary/aromatic N) is 1. The molecule has 1 aliphatic rings. The van der Waals surface area contributed by atoms with Gasteiger partial charge in [0.05, 0.1) is 17.4 Å². The molecule has 1 fully saturated rings. The number of rotatable bonds is 5. The number of nitrogens with two attached hydrogens (primary N) is 1. The fourth-order valence-electron chi connectivity index (χ4n) is 5.39. The predicted molar refractivity (Wildman–Crippen MR) is 95.0 cm³/mol. The topological polar surface area (TPSA) is 79.0 Å². The van der Waals surface area contributed by atoms with E-state index in [1.165, 1.54) is 20.8 Å². The highest BCUT2D eigenvalue weighted by molar-refractivity contribution is 5.23. The maximum Gasteiger partial charge on any atom is 0.395 e. The molecule has 1 aliphatic heterocycles. The number of benzene rings is 1. The summed E-state index contributed by atoms with van der Waals surface area (Å²) in [7, 11) is 1.10. The van der Waals surface area contributed by atoms with Gasteiger partial charge in [0.15, 0.2) is 0 Å². The van der Waals surface area contributed by atoms with Gasteiger partial charge in [-0.3, -0.25) is 5.84 Å². The minimum atomic E-state index is -4.72. The number of aliphatic hydroxyl groups is 2. The van der Waals surface area contributed by atoms with E-state index in [2.05, 4.69) is 0 Å². The zero-order valence-corrected chi connectivity index (χ0v) is 16.1. The number of methoxy groups -OCH3 is 1. The second-order valence-corrected chi connectivity index (χ2v) is 7.79. The predicted octanol–water partition coefficient (Wildman–Crippen LogP) is 2.53. The fourth-order valence-corrected chi connectivity index (χ4v) is 5.39. The first-order valence-corrected chi connectivity index (χ1v) is 8.96. The SMILES string of the molecule is COC1(O)N(N)CC(C)C(C(C)C)(C(F)(F)F)C1(CO)Cc1ccccc1. The molecule has 0 aliphatic carbocycles. The molecule has 0 saturated carbocycles. The van der Waals surface area contributed by atoms with Crippen molar-refractivity contribution in [2.24, 2.45) is 28.5 Å². The Morgan fingerprint density at radius 2 is 1.85 bits per heavy atom. The monoisotopic (exact) mass is 390 g/mol. The summed E-state index contributed by atoms with van der Waals surface area (Å²) in [5.74, 6) is 1.52. The first-order valence-electron chi connectivity index (χ1n) is 8.96. The van der Waals surface area contributed by atoms with Crippen molar-refractivity contribution in [3.05, 3.63) is 35.9 Å². The van der Waals surface area contributed by atoms with Crippen molar-refractivity contribution < 1.29 is 28.1 Å². The molecule has 27 heavy (non-hydrogen) atoms. The molecular weight excluding hydrogens is 361 g/mol. The van der Waals surface area contributed by atoms with Gasteiger partial charge < -0.3 is 14.9 Å². The lowest BCUT2D eigenvalue weighted by atomic mass is 9.47. The molecule has 1 aromatic carbocycles. The molecule has 1 heterocycles. The molecule has 1 saturated heterocycles. The van der Waals surface area contributed by atoms with E-state index in [0.29, 0.717) is 5.56 Å². The summed E-state index contributed by atoms with van der Waals surface area (Å²) in [5, 5.41) is 22.6. The van der Waals surface area contributed by atoms with Crippen molar-refractivity contribution in [3.8, 4) is 0 Å². The Morgan fingerprint density at radius 1 is 1.30 bits per heavy atom. The maximum absolute atomic E-state index is 14.8. The third-order valence-electron chi connectivity index (χ3n) is 6.34. The second kappa shape index (κ2) is 7.33. The van der Waals surface area contributed by atoms with Crippen LogP contribution in [0.2, 0.25) is 0 Å². The van der Waals surface area contributed by atoms with E-state index in [4.69, 9.17) is 10.6 Å². The average molecular weight is 390 g/mol. The Morgan fingerprint density at radius 3 is 2.26 bits per heavy atom. The summed E-state index contributed by atoms with van der Waals surface area (Å²) in [5.41, 5.74) is -4.04. The van der Waals surface area contributed by atoms with Crippen LogP contribution in [0.3, 0.4) is 0 Å². The molecule has 4 unspecified atom stereocenters. The van der Waals surface area contributed by atoms with Gasteiger partial charge in [-0.2, -0.15) is 18.2 Å². The van der Waals surface area contributed by atoms with E-state index in [9.17, 15) is 23.4 Å². The molecule has 2 rings (SSSR count). The van der Waals surface area contributed by atoms with Gasteiger partial charge in [-0.25, -0.2) is 0 Å². The van der Waals surface area contributed by atoms with Crippen molar-refractivity contribution >= 4 is 0 Å². The third kappa shape index (κ3) is 2.89. The van der Waals surface area contributed by atoms with Crippen LogP contribution >= 0.6 is 0 Å². The van der Waals surface area contributed by atoms with Gasteiger partial charge >= 0.3 is 6.18 Å². The summed E-state index contributed by atoms with van der Waals surface area (Å²) in [4.78, 5) is 0. The highest BCUT2D eigenvalue weighted by Gasteiger charge is 2.79. The quantitative estimate of drug-likeness (QED) is 0.532. The molecule has 0 spiro atoms. The van der Waals surface area contributed by atoms with Gasteiger partial charge in [0, 0.05) is 13.7 Å². The van der Waals surface area contributed by atoms with Gasteiger partial charge in [0.1, 0.15) is 0 Å². The summed E-state index contributed by atoms with van der Waals surface area (Å²) in [6.07, 6.45) is -4.98. The van der Waals surface area contributed by atoms with Crippen LogP contribution in [0.25, 0.3) is 0 Å². The number of ether oxygens (including phenoxy) is 1. The van der Waals surface area contributed by atoms with Crippen LogP contribution in [0.15, 0.2) is 30.3 Å². The lowest BCUT2D eigenvalue weighted by Gasteiger charge is -2.66. The molecule has 5 nitrogen and oxygen atoms in total. The van der Waals surface area contributed by atoms with Crippen LogP contribution in [0.1, 0.15) is 26.3 Å². The molecular formula is C19H29F3N2O3. The smallest absolute Gasteiger partial charge is 0.395 e. The Hall–Kier alpha value is -1.19. The molecule has 154 valence electrons. The number of hydrogen-bond donors (Lipinski definition) is 3. The minimum absolute atomic E-state index is 0.238. The molecule has 8 heteroatoms. The molecule has 0 bridgehead atoms. The Bertz CT molecular complexity index is 643. The van der Waals surface area contributed by atoms with Crippen molar-refractivity contribution in [3.63, 3.8) is 0 Å². The Kier molecular flexibility index (Phi) is 6.00. The molecule has 4 atom stereocenters. The third-order valence-corrected chi connectivity index (χ3v) is 6.34. The van der Waals surface area contributed by atoms with E-state index in [-0.39, 0.29) is 13.0 Å². The number of hydrazine groups is 1. The van der Waals surface area contributed by atoms with E-state index >= 15 is 0 Å². The van der Waals surface area contributed by atoms with E-state index < -0.39 is 41.4 Å². The minimum Gasteiger partial charge on any atom is -0.395 e. The Balaban J connectivity index is 2.88. The van der Waals surface area contributed by atoms with Crippen LogP contribution < -0.4 is 5.84 Å². The number of alkyl halides is 3. The van der Waals surface area contributed by atoms with Crippen LogP contribution in [-0.2, 0) is 11.2 Å². The van der Waals surface area contributed by atoms with E-state index in [0.717, 1.165) is 12.1 Å². The highest BCUT2D eigenvalue weighted by Crippen LogP contribution is 2.67. The van der Waals surface area contributed by atoms with Gasteiger partial charge in [-0.1, -0.05) is 51.1 Å². The number of piperidine rings is 1. The van der Waals surface area contributed by atoms with Gasteiger partial charge in [-0.05, 0) is 23.8 Å². The zero-order valence-electron chi connectivity index (χ0n) is 16.1. The number of hydrogen-bond acceptors (Lipinski definition) is 5. The zero-order chi connectivity index (χ0) is 20.7. The molecule has 0 aromatic heterocycles. The van der Waals surface area contributed by atoms with Crippen molar-refractivity contribution in [1.29, 1.82) is 0 Å². The van der Waals surface area contributed by atoms with Crippen LogP contribution in [-0.4, -0.2) is 47.6 Å². The summed E-state index contributed by atoms with van der Waals surface area (Å²) in [6.45, 7) is 3.18. The highest BCUT2D eigenvalue weighted by atomic mass is 19.4. The lowest BCUT2D eigenvalue weighted by Crippen LogP contribution is -2.80. The second-order valence-electron chi connectivity index (χ2n) is 7.79. The normalized spacial score (nSPS) is 35.6. The average Bonchev–Trinajstić information content (AvgIpc) is 2.58. The fraction of sp³-hybridized carbons (Fsp3) is 0.684. The largest absolute Gasteiger partial charge is 0.395 e. The summed E-state index contributed by atoms with van der Waals surface area (Å²) < 4.78 is 49.5. The number of halogens is 3. The first-order chi connectivity index (χ1) is 12.4. The van der Waals surface area contributed by atoms with Gasteiger partial charge in [0.2, 0.25) is 5.91 Å². The van der Waals surface area contributed by atoms with E-state index in [1.807, 2.05) is 0 Å². The van der Waals surface area contributed by atoms with Crippen LogP contribution in [0.4, 0.5) is 13.2 Å². The summed E-state index contributed by atoms with van der Waals surface area (Å²) >= 11 is 0. The van der Waals surface area contributed by atoms with E-state index in [1.54, 1.807) is 30.3 Å². The van der Waals surface area contributed by atoms with Crippen LogP contribution in [0, 0.1) is 22.7 Å². The van der Waals surface area contributed by atoms with Gasteiger partial charge in [-0.15, -0.1) is 0 Å². The molecule has 0 radical (unpaired) electrons. The van der Waals surface area contributed by atoms with Crippen molar-refractivity contribution in [1.82, 2.24) is 5.01 Å². The van der Waals surface area contributed by atoms with Gasteiger partial charge in [0.25, 0.3) is 0 Å². The molecule has 0 amide bonds. The standard InChI is InChI=1S/C19H29F3N2O3/c1-13(2)17(18(20,21)22)14(3)11-24(23)19(26,27-4)16(17,12-25)10-15-8-6-5-7-9-15/h5-9,13-14,25-26H,10-12,23H2,1-4H3. The van der Waals surface area contributed by atoms with Crippen molar-refractivity contribution in [2.75, 3.05) is 20.3 Å². The number of aliphatic hydroxyl groups excluding tert-OH is 1. The molecule has 4 N–H and O–H groups in total.